The zero-order valence-electron chi connectivity index (χ0n) is 40.2. The molecule has 0 fully saturated rings. The minimum absolute atomic E-state index is 0.192. The largest absolute Gasteiger partial charge is 0.493 e. The molecule has 9 aromatic carbocycles. The highest BCUT2D eigenvalue weighted by atomic mass is 16.5. The van der Waals surface area contributed by atoms with E-state index in [0.717, 1.165) is 72.5 Å². The first-order chi connectivity index (χ1) is 35.4. The van der Waals surface area contributed by atoms with Gasteiger partial charge in [-0.05, 0) is 140 Å². The number of nitrogens with zero attached hydrogens (tertiary/aromatic N) is 1. The van der Waals surface area contributed by atoms with E-state index in [1.165, 1.54) is 0 Å². The fourth-order valence-electron chi connectivity index (χ4n) is 8.11. The second-order valence-corrected chi connectivity index (χ2v) is 17.6. The lowest BCUT2D eigenvalue weighted by molar-refractivity contribution is -0.00352. The van der Waals surface area contributed by atoms with Gasteiger partial charge in [0.25, 0.3) is 0 Å². The van der Waals surface area contributed by atoms with Gasteiger partial charge in [0.2, 0.25) is 0 Å². The number of ether oxygens (including phenoxy) is 4. The smallest absolute Gasteiger partial charge is 0.119 e. The van der Waals surface area contributed by atoms with Gasteiger partial charge in [-0.25, -0.2) is 4.99 Å². The van der Waals surface area contributed by atoms with Gasteiger partial charge in [0, 0.05) is 0 Å². The summed E-state index contributed by atoms with van der Waals surface area (Å²) in [5.74, 6) is 6.08. The lowest BCUT2D eigenvalue weighted by Gasteiger charge is -2.33. The van der Waals surface area contributed by atoms with E-state index in [2.05, 4.69) is 74.1 Å². The van der Waals surface area contributed by atoms with E-state index in [9.17, 15) is 0 Å². The van der Waals surface area contributed by atoms with Crippen LogP contribution in [0.5, 0.6) is 23.0 Å². The van der Waals surface area contributed by atoms with E-state index >= 15 is 0 Å². The van der Waals surface area contributed by atoms with Gasteiger partial charge < -0.3 is 18.9 Å². The van der Waals surface area contributed by atoms with Crippen molar-refractivity contribution in [2.75, 3.05) is 26.4 Å². The van der Waals surface area contributed by atoms with Crippen molar-refractivity contribution in [3.8, 4) is 23.0 Å². The molecule has 0 aromatic heterocycles. The molecule has 5 heteroatoms. The average Bonchev–Trinajstić information content (AvgIpc) is 3.46. The highest BCUT2D eigenvalue weighted by molar-refractivity contribution is 5.99. The topological polar surface area (TPSA) is 49.3 Å². The Balaban J connectivity index is 1.01. The van der Waals surface area contributed by atoms with Crippen molar-refractivity contribution in [1.29, 1.82) is 0 Å². The van der Waals surface area contributed by atoms with Crippen LogP contribution >= 0.6 is 0 Å². The van der Waals surface area contributed by atoms with Crippen LogP contribution < -0.4 is 18.9 Å². The number of benzene rings is 9. The van der Waals surface area contributed by atoms with Crippen LogP contribution in [0.1, 0.15) is 44.5 Å². The van der Waals surface area contributed by atoms with E-state index < -0.39 is 5.41 Å². The summed E-state index contributed by atoms with van der Waals surface area (Å²) in [6, 6.07) is 82.6. The Hall–Kier alpha value is -9.15. The maximum atomic E-state index is 6.78. The molecule has 0 N–H and O–H groups in total. The summed E-state index contributed by atoms with van der Waals surface area (Å²) in [6.07, 6.45) is 0. The molecule has 0 bridgehead atoms. The van der Waals surface area contributed by atoms with Crippen molar-refractivity contribution in [3.63, 3.8) is 0 Å². The molecule has 352 valence electrons. The Labute approximate surface area is 423 Å². The van der Waals surface area contributed by atoms with Gasteiger partial charge in [-0.15, -0.1) is 0 Å². The summed E-state index contributed by atoms with van der Waals surface area (Å²) in [4.78, 5) is 4.70. The molecule has 9 aromatic rings. The molecule has 0 atom stereocenters. The average molecular weight is 938 g/mol. The number of aliphatic imine (C=N–C) groups is 1. The lowest BCUT2D eigenvalue weighted by Crippen LogP contribution is -2.45. The van der Waals surface area contributed by atoms with E-state index in [1.54, 1.807) is 0 Å². The third kappa shape index (κ3) is 12.5. The summed E-state index contributed by atoms with van der Waals surface area (Å²) >= 11 is 0. The van der Waals surface area contributed by atoms with E-state index in [4.69, 9.17) is 23.9 Å². The minimum Gasteiger partial charge on any atom is -0.493 e. The summed E-state index contributed by atoms with van der Waals surface area (Å²) in [7, 11) is 0. The quantitative estimate of drug-likeness (QED) is 0.0674. The molecule has 9 rings (SSSR count). The maximum absolute atomic E-state index is 6.78. The van der Waals surface area contributed by atoms with Crippen LogP contribution in [0.3, 0.4) is 0 Å². The Morgan fingerprint density at radius 3 is 0.847 bits per heavy atom. The zero-order valence-corrected chi connectivity index (χ0v) is 40.2. The first-order valence-corrected chi connectivity index (χ1v) is 24.0. The van der Waals surface area contributed by atoms with Gasteiger partial charge in [0.1, 0.15) is 54.8 Å². The molecular formula is C67H55NO4. The van der Waals surface area contributed by atoms with Crippen molar-refractivity contribution in [2.24, 2.45) is 10.4 Å². The molecule has 0 heterocycles. The van der Waals surface area contributed by atoms with Crippen LogP contribution in [0.15, 0.2) is 273 Å². The molecule has 0 saturated carbocycles. The van der Waals surface area contributed by atoms with Crippen molar-refractivity contribution in [2.45, 2.75) is 0 Å². The van der Waals surface area contributed by atoms with Crippen molar-refractivity contribution < 1.29 is 18.9 Å². The normalized spacial score (nSPS) is 10.8. The molecule has 5 nitrogen and oxygen atoms in total. The van der Waals surface area contributed by atoms with Gasteiger partial charge in [0.05, 0.1) is 11.3 Å². The third-order valence-electron chi connectivity index (χ3n) is 12.4. The van der Waals surface area contributed by atoms with Gasteiger partial charge in [-0.3, -0.25) is 0 Å². The van der Waals surface area contributed by atoms with Crippen LogP contribution in [-0.4, -0.2) is 32.3 Å². The Morgan fingerprint density at radius 2 is 0.542 bits per heavy atom. The molecule has 72 heavy (non-hydrogen) atoms. The summed E-state index contributed by atoms with van der Waals surface area (Å²) < 4.78 is 27.0. The first kappa shape index (κ1) is 47.9. The lowest BCUT2D eigenvalue weighted by atomic mass is 9.91. The van der Waals surface area contributed by atoms with E-state index in [0.29, 0.717) is 23.0 Å². The Bertz CT molecular complexity index is 3020. The number of rotatable bonds is 21. The van der Waals surface area contributed by atoms with E-state index in [1.807, 2.05) is 200 Å². The molecule has 0 spiro atoms. The predicted molar refractivity (Wildman–Crippen MR) is 296 cm³/mol. The van der Waals surface area contributed by atoms with Crippen LogP contribution in [0.25, 0.3) is 22.3 Å². The van der Waals surface area contributed by atoms with Gasteiger partial charge >= 0.3 is 0 Å². The summed E-state index contributed by atoms with van der Waals surface area (Å²) in [5, 5.41) is 0. The van der Waals surface area contributed by atoms with Crippen molar-refractivity contribution >= 4 is 33.8 Å². The molecule has 0 saturated heterocycles. The Morgan fingerprint density at radius 1 is 0.306 bits per heavy atom. The van der Waals surface area contributed by atoms with Crippen LogP contribution in [0, 0.1) is 5.41 Å². The molecule has 0 aliphatic carbocycles. The molecule has 0 amide bonds. The van der Waals surface area contributed by atoms with Crippen LogP contribution in [-0.2, 0) is 0 Å². The zero-order chi connectivity index (χ0) is 49.4. The first-order valence-electron chi connectivity index (χ1n) is 24.0. The van der Waals surface area contributed by atoms with Gasteiger partial charge in [-0.2, -0.15) is 0 Å². The molecule has 0 aliphatic rings. The van der Waals surface area contributed by atoms with Crippen molar-refractivity contribution in [1.82, 2.24) is 0 Å². The predicted octanol–water partition coefficient (Wildman–Crippen LogP) is 15.9. The molecule has 0 aliphatic heterocycles. The number of para-hydroxylation sites is 1. The van der Waals surface area contributed by atoms with Gasteiger partial charge in [-0.1, -0.05) is 196 Å². The molecular weight excluding hydrogens is 883 g/mol. The highest BCUT2D eigenvalue weighted by Gasteiger charge is 2.36. The SMILES string of the molecule is C=C(c1ccccc1)c1ccc(OCC(COc2ccc(C(=C)c3ccccc3)cc2)(COc2ccc(C(=C)c3ccccc3)cc2)COc2ccc(C(=C=Nc3ccccc3)c3ccccc3)cc2)cc1. The minimum atomic E-state index is -0.846. The second kappa shape index (κ2) is 23.4. The number of hydrogen-bond acceptors (Lipinski definition) is 5. The maximum Gasteiger partial charge on any atom is 0.119 e. The monoisotopic (exact) mass is 937 g/mol. The summed E-state index contributed by atoms with van der Waals surface area (Å²) in [5.41, 5.74) is 11.8. The molecule has 0 unspecified atom stereocenters. The standard InChI is InChI=1S/C67H55NO4/c1-50(53-19-9-4-10-20-53)56-29-37-62(38-30-56)69-46-67(47-70-63-39-31-57(32-40-63)51(2)54-21-11-5-12-22-54,48-71-64-41-33-58(34-42-64)52(3)55-23-13-6-14-24-55)49-72-65-43-35-60(36-44-65)66(59-25-15-7-16-26-59)45-68-61-27-17-8-18-28-61/h4-44H,1-3,46-49H2. The third-order valence-corrected chi connectivity index (χ3v) is 12.4. The van der Waals surface area contributed by atoms with Crippen molar-refractivity contribution in [3.05, 3.63) is 313 Å². The fourth-order valence-corrected chi connectivity index (χ4v) is 8.11. The van der Waals surface area contributed by atoms with Crippen LogP contribution in [0.4, 0.5) is 5.69 Å². The Kier molecular flexibility index (Phi) is 15.6. The van der Waals surface area contributed by atoms with E-state index in [-0.39, 0.29) is 26.4 Å². The molecule has 0 radical (unpaired) electrons. The van der Waals surface area contributed by atoms with Gasteiger partial charge in [0.15, 0.2) is 0 Å². The summed E-state index contributed by atoms with van der Waals surface area (Å²) in [6.45, 7) is 13.9. The second-order valence-electron chi connectivity index (χ2n) is 17.6. The van der Waals surface area contributed by atoms with Crippen LogP contribution in [0.2, 0.25) is 0 Å². The fraction of sp³-hybridized carbons (Fsp3) is 0.0746. The highest BCUT2D eigenvalue weighted by Crippen LogP contribution is 2.32. The number of hydrogen-bond donors (Lipinski definition) is 0.